The number of fused-ring (bicyclic) bond motifs is 2. The molecule has 6 rings (SSSR count). The number of pyridine rings is 1. The van der Waals surface area contributed by atoms with E-state index in [1.807, 2.05) is 58.3 Å². The van der Waals surface area contributed by atoms with Crippen LogP contribution in [0.5, 0.6) is 0 Å². The molecule has 2 amide bonds. The lowest BCUT2D eigenvalue weighted by Crippen LogP contribution is -2.35. The molecular formula is C27H24N6O2. The van der Waals surface area contributed by atoms with E-state index in [2.05, 4.69) is 20.4 Å². The van der Waals surface area contributed by atoms with Crippen LogP contribution in [-0.2, 0) is 4.79 Å². The quantitative estimate of drug-likeness (QED) is 0.468. The molecule has 0 aliphatic carbocycles. The van der Waals surface area contributed by atoms with Crippen molar-refractivity contribution in [3.8, 4) is 11.3 Å². The topological polar surface area (TPSA) is 95.1 Å². The van der Waals surface area contributed by atoms with Crippen molar-refractivity contribution in [2.24, 2.45) is 11.8 Å². The largest absolute Gasteiger partial charge is 0.338 e. The number of aromatic amines is 1. The van der Waals surface area contributed by atoms with Crippen LogP contribution in [0.3, 0.4) is 0 Å². The molecule has 0 radical (unpaired) electrons. The van der Waals surface area contributed by atoms with Gasteiger partial charge in [0.15, 0.2) is 0 Å². The van der Waals surface area contributed by atoms with Crippen molar-refractivity contribution in [1.82, 2.24) is 30.2 Å². The third-order valence-electron chi connectivity index (χ3n) is 6.92. The number of nitrogens with one attached hydrogen (secondary N) is 1. The Kier molecular flexibility index (Phi) is 5.33. The van der Waals surface area contributed by atoms with Gasteiger partial charge in [0.2, 0.25) is 5.91 Å². The fraction of sp³-hybridized carbons (Fsp3) is 0.222. The average Bonchev–Trinajstić information content (AvgIpc) is 3.62. The number of aromatic nitrogens is 4. The van der Waals surface area contributed by atoms with Gasteiger partial charge in [-0.25, -0.2) is 0 Å². The molecule has 8 nitrogen and oxygen atoms in total. The highest BCUT2D eigenvalue weighted by atomic mass is 16.2. The molecule has 2 aliphatic heterocycles. The van der Waals surface area contributed by atoms with Gasteiger partial charge in [0.25, 0.3) is 5.91 Å². The first-order valence-corrected chi connectivity index (χ1v) is 11.7. The van der Waals surface area contributed by atoms with Crippen LogP contribution in [0.15, 0.2) is 72.9 Å². The SMILES string of the molecule is O=C(/C=C/c1ccc(-c2ccccc2)nc1)N1C[C@@H]2CN(C(=O)c3ccc4n[nH]nc4c3)C[C@H]2C1. The number of nitrogens with zero attached hydrogens (tertiary/aromatic N) is 5. The lowest BCUT2D eigenvalue weighted by molar-refractivity contribution is -0.125. The maximum Gasteiger partial charge on any atom is 0.253 e. The van der Waals surface area contributed by atoms with Crippen molar-refractivity contribution >= 4 is 28.9 Å². The van der Waals surface area contributed by atoms with E-state index in [1.54, 1.807) is 30.5 Å². The molecule has 0 bridgehead atoms. The number of H-pyrrole nitrogens is 1. The Labute approximate surface area is 202 Å². The Balaban J connectivity index is 1.05. The van der Waals surface area contributed by atoms with Crippen LogP contribution in [0.2, 0.25) is 0 Å². The van der Waals surface area contributed by atoms with Crippen LogP contribution in [0, 0.1) is 11.8 Å². The van der Waals surface area contributed by atoms with E-state index < -0.39 is 0 Å². The molecule has 0 unspecified atom stereocenters. The van der Waals surface area contributed by atoms with Crippen molar-refractivity contribution in [2.45, 2.75) is 0 Å². The maximum absolute atomic E-state index is 13.0. The normalized spacial score (nSPS) is 19.5. The van der Waals surface area contributed by atoms with Gasteiger partial charge in [-0.1, -0.05) is 36.4 Å². The number of amides is 2. The summed E-state index contributed by atoms with van der Waals surface area (Å²) in [5, 5.41) is 10.7. The molecule has 2 aromatic carbocycles. The summed E-state index contributed by atoms with van der Waals surface area (Å²) >= 11 is 0. The van der Waals surface area contributed by atoms with Crippen LogP contribution in [-0.4, -0.2) is 68.2 Å². The molecule has 35 heavy (non-hydrogen) atoms. The Morgan fingerprint density at radius 2 is 1.60 bits per heavy atom. The van der Waals surface area contributed by atoms with E-state index in [9.17, 15) is 9.59 Å². The number of rotatable bonds is 4. The third kappa shape index (κ3) is 4.19. The number of carbonyl (C=O) groups excluding carboxylic acids is 2. The van der Waals surface area contributed by atoms with E-state index in [-0.39, 0.29) is 11.8 Å². The number of carbonyl (C=O) groups is 2. The van der Waals surface area contributed by atoms with Crippen LogP contribution < -0.4 is 0 Å². The molecule has 0 saturated carbocycles. The van der Waals surface area contributed by atoms with E-state index in [0.717, 1.165) is 22.3 Å². The van der Waals surface area contributed by atoms with Crippen LogP contribution in [0.4, 0.5) is 0 Å². The van der Waals surface area contributed by atoms with Gasteiger partial charge >= 0.3 is 0 Å². The molecular weight excluding hydrogens is 440 g/mol. The van der Waals surface area contributed by atoms with E-state index in [1.165, 1.54) is 0 Å². The number of hydrogen-bond acceptors (Lipinski definition) is 5. The number of benzene rings is 2. The number of hydrogen-bond donors (Lipinski definition) is 1. The van der Waals surface area contributed by atoms with E-state index >= 15 is 0 Å². The molecule has 2 saturated heterocycles. The van der Waals surface area contributed by atoms with Crippen LogP contribution >= 0.6 is 0 Å². The molecule has 4 aromatic rings. The van der Waals surface area contributed by atoms with Crippen molar-refractivity contribution in [2.75, 3.05) is 26.2 Å². The maximum atomic E-state index is 13.0. The van der Waals surface area contributed by atoms with Gasteiger partial charge in [-0.15, -0.1) is 0 Å². The first kappa shape index (κ1) is 21.2. The monoisotopic (exact) mass is 464 g/mol. The molecule has 8 heteroatoms. The summed E-state index contributed by atoms with van der Waals surface area (Å²) in [5.41, 5.74) is 4.90. The minimum Gasteiger partial charge on any atom is -0.338 e. The predicted molar refractivity (Wildman–Crippen MR) is 132 cm³/mol. The highest BCUT2D eigenvalue weighted by Gasteiger charge is 2.42. The minimum absolute atomic E-state index is 0.000830. The van der Waals surface area contributed by atoms with Gasteiger partial charge in [-0.05, 0) is 35.9 Å². The second-order valence-corrected chi connectivity index (χ2v) is 9.18. The Hall–Kier alpha value is -4.33. The molecule has 2 aromatic heterocycles. The summed E-state index contributed by atoms with van der Waals surface area (Å²) < 4.78 is 0. The Morgan fingerprint density at radius 1 is 0.857 bits per heavy atom. The van der Waals surface area contributed by atoms with Crippen LogP contribution in [0.25, 0.3) is 28.4 Å². The van der Waals surface area contributed by atoms with Gasteiger partial charge in [0.05, 0.1) is 5.69 Å². The molecule has 174 valence electrons. The zero-order valence-electron chi connectivity index (χ0n) is 19.0. The van der Waals surface area contributed by atoms with Gasteiger partial charge in [-0.3, -0.25) is 14.6 Å². The third-order valence-corrected chi connectivity index (χ3v) is 6.92. The zero-order chi connectivity index (χ0) is 23.8. The predicted octanol–water partition coefficient (Wildman–Crippen LogP) is 3.26. The molecule has 2 aliphatic rings. The highest BCUT2D eigenvalue weighted by molar-refractivity contribution is 5.97. The van der Waals surface area contributed by atoms with Crippen molar-refractivity contribution in [1.29, 1.82) is 0 Å². The summed E-state index contributed by atoms with van der Waals surface area (Å²) in [6, 6.07) is 19.3. The second-order valence-electron chi connectivity index (χ2n) is 9.18. The zero-order valence-corrected chi connectivity index (χ0v) is 19.0. The fourth-order valence-electron chi connectivity index (χ4n) is 5.05. The second kappa shape index (κ2) is 8.79. The Bertz CT molecular complexity index is 1400. The van der Waals surface area contributed by atoms with E-state index in [4.69, 9.17) is 0 Å². The summed E-state index contributed by atoms with van der Waals surface area (Å²) in [6.45, 7) is 2.67. The standard InChI is InChI=1S/C27H24N6O2/c34-26(11-7-18-6-9-23(28-13-18)19-4-2-1-3-5-19)32-14-21-16-33(17-22(21)15-32)27(35)20-8-10-24-25(12-20)30-31-29-24/h1-13,21-22H,14-17H2,(H,29,30,31)/b11-7+/t21-,22-/m1/s1. The molecule has 0 spiro atoms. The lowest BCUT2D eigenvalue weighted by atomic mass is 10.0. The van der Waals surface area contributed by atoms with Gasteiger partial charge in [0, 0.05) is 61.4 Å². The first-order valence-electron chi connectivity index (χ1n) is 11.7. The molecule has 1 N–H and O–H groups in total. The van der Waals surface area contributed by atoms with E-state index in [0.29, 0.717) is 49.1 Å². The Morgan fingerprint density at radius 3 is 2.34 bits per heavy atom. The summed E-state index contributed by atoms with van der Waals surface area (Å²) in [5.74, 6) is 0.618. The molecule has 2 atom stereocenters. The van der Waals surface area contributed by atoms with Gasteiger partial charge < -0.3 is 9.80 Å². The summed E-state index contributed by atoms with van der Waals surface area (Å²) in [7, 11) is 0. The number of likely N-dealkylation sites (tertiary alicyclic amines) is 2. The summed E-state index contributed by atoms with van der Waals surface area (Å²) in [4.78, 5) is 34.1. The van der Waals surface area contributed by atoms with Gasteiger partial charge in [-0.2, -0.15) is 15.4 Å². The summed E-state index contributed by atoms with van der Waals surface area (Å²) in [6.07, 6.45) is 5.22. The minimum atomic E-state index is 0.000830. The molecule has 4 heterocycles. The van der Waals surface area contributed by atoms with Crippen molar-refractivity contribution in [3.05, 3.63) is 84.1 Å². The van der Waals surface area contributed by atoms with Gasteiger partial charge in [0.1, 0.15) is 11.0 Å². The first-order chi connectivity index (χ1) is 17.1. The lowest BCUT2D eigenvalue weighted by Gasteiger charge is -2.21. The smallest absolute Gasteiger partial charge is 0.253 e. The van der Waals surface area contributed by atoms with Crippen molar-refractivity contribution < 1.29 is 9.59 Å². The van der Waals surface area contributed by atoms with Crippen molar-refractivity contribution in [3.63, 3.8) is 0 Å². The highest BCUT2D eigenvalue weighted by Crippen LogP contribution is 2.32. The molecule has 2 fully saturated rings. The fourth-order valence-corrected chi connectivity index (χ4v) is 5.05. The van der Waals surface area contributed by atoms with Crippen LogP contribution in [0.1, 0.15) is 15.9 Å². The average molecular weight is 465 g/mol.